The van der Waals surface area contributed by atoms with Crippen LogP contribution in [0.5, 0.6) is 11.5 Å². The van der Waals surface area contributed by atoms with E-state index >= 15 is 0 Å². The highest BCUT2D eigenvalue weighted by Crippen LogP contribution is 2.33. The van der Waals surface area contributed by atoms with Crippen molar-refractivity contribution in [3.63, 3.8) is 0 Å². The zero-order valence-electron chi connectivity index (χ0n) is 12.9. The molecule has 0 bridgehead atoms. The number of hydrogen-bond acceptors (Lipinski definition) is 4. The van der Waals surface area contributed by atoms with E-state index in [4.69, 9.17) is 9.47 Å². The van der Waals surface area contributed by atoms with Gasteiger partial charge in [0.1, 0.15) is 0 Å². The molecule has 0 aromatic heterocycles. The number of rotatable bonds is 6. The van der Waals surface area contributed by atoms with E-state index in [1.54, 1.807) is 31.4 Å². The predicted molar refractivity (Wildman–Crippen MR) is 93.4 cm³/mol. The molecular weight excluding hydrogens is 360 g/mol. The maximum Gasteiger partial charge on any atom is 0.271 e. The summed E-state index contributed by atoms with van der Waals surface area (Å²) >= 11 is 3.41. The van der Waals surface area contributed by atoms with E-state index < -0.39 is 0 Å². The van der Waals surface area contributed by atoms with Crippen molar-refractivity contribution in [2.24, 2.45) is 5.10 Å². The fourth-order valence-electron chi connectivity index (χ4n) is 1.95. The fraction of sp³-hybridized carbons (Fsp3) is 0.176. The lowest BCUT2D eigenvalue weighted by atomic mass is 10.2. The largest absolute Gasteiger partial charge is 0.493 e. The van der Waals surface area contributed by atoms with Crippen molar-refractivity contribution in [2.45, 2.75) is 6.92 Å². The lowest BCUT2D eigenvalue weighted by molar-refractivity contribution is 0.0955. The highest BCUT2D eigenvalue weighted by Gasteiger charge is 2.11. The number of carbonyl (C=O) groups is 1. The average Bonchev–Trinajstić information content (AvgIpc) is 2.57. The van der Waals surface area contributed by atoms with Gasteiger partial charge in [-0.25, -0.2) is 5.43 Å². The van der Waals surface area contributed by atoms with Gasteiger partial charge in [-0.05, 0) is 31.2 Å². The molecule has 0 saturated heterocycles. The number of hydrogen-bond donors (Lipinski definition) is 1. The van der Waals surface area contributed by atoms with Crippen LogP contribution in [-0.2, 0) is 0 Å². The van der Waals surface area contributed by atoms with Gasteiger partial charge in [0.05, 0.1) is 19.9 Å². The van der Waals surface area contributed by atoms with Gasteiger partial charge in [-0.1, -0.05) is 34.1 Å². The summed E-state index contributed by atoms with van der Waals surface area (Å²) in [5.41, 5.74) is 3.74. The number of hydrazone groups is 1. The van der Waals surface area contributed by atoms with Crippen LogP contribution in [0.1, 0.15) is 22.8 Å². The molecular formula is C17H17BrN2O3. The van der Waals surface area contributed by atoms with Crippen molar-refractivity contribution in [2.75, 3.05) is 13.7 Å². The van der Waals surface area contributed by atoms with Crippen molar-refractivity contribution in [1.82, 2.24) is 5.43 Å². The number of methoxy groups -OCH3 is 1. The molecule has 2 aromatic rings. The minimum Gasteiger partial charge on any atom is -0.493 e. The van der Waals surface area contributed by atoms with E-state index in [0.717, 1.165) is 4.47 Å². The second kappa shape index (κ2) is 8.33. The van der Waals surface area contributed by atoms with E-state index in [0.29, 0.717) is 29.2 Å². The number of ether oxygens (including phenoxy) is 2. The number of nitrogens with one attached hydrogen (secondary N) is 1. The van der Waals surface area contributed by atoms with Gasteiger partial charge < -0.3 is 9.47 Å². The Labute approximate surface area is 143 Å². The first kappa shape index (κ1) is 17.0. The van der Waals surface area contributed by atoms with Crippen molar-refractivity contribution in [3.05, 3.63) is 58.1 Å². The van der Waals surface area contributed by atoms with E-state index in [-0.39, 0.29) is 5.91 Å². The van der Waals surface area contributed by atoms with E-state index in [9.17, 15) is 4.79 Å². The molecule has 0 aliphatic heterocycles. The summed E-state index contributed by atoms with van der Waals surface area (Å²) in [7, 11) is 1.57. The van der Waals surface area contributed by atoms with Crippen molar-refractivity contribution in [1.29, 1.82) is 0 Å². The summed E-state index contributed by atoms with van der Waals surface area (Å²) in [6, 6.07) is 12.5. The summed E-state index contributed by atoms with van der Waals surface area (Å²) in [6.45, 7) is 2.38. The molecule has 0 aliphatic rings. The summed E-state index contributed by atoms with van der Waals surface area (Å²) < 4.78 is 11.7. The Kier molecular flexibility index (Phi) is 6.17. The Morgan fingerprint density at radius 1 is 1.30 bits per heavy atom. The summed E-state index contributed by atoms with van der Waals surface area (Å²) in [4.78, 5) is 11.9. The highest BCUT2D eigenvalue weighted by atomic mass is 79.9. The van der Waals surface area contributed by atoms with Crippen LogP contribution >= 0.6 is 15.9 Å². The minimum atomic E-state index is -0.276. The minimum absolute atomic E-state index is 0.276. The van der Waals surface area contributed by atoms with Crippen LogP contribution < -0.4 is 14.9 Å². The lowest BCUT2D eigenvalue weighted by Crippen LogP contribution is -2.17. The Balaban J connectivity index is 2.18. The van der Waals surface area contributed by atoms with Crippen molar-refractivity contribution < 1.29 is 14.3 Å². The molecule has 23 heavy (non-hydrogen) atoms. The molecule has 120 valence electrons. The molecule has 5 nitrogen and oxygen atoms in total. The fourth-order valence-corrected chi connectivity index (χ4v) is 2.40. The second-order valence-corrected chi connectivity index (χ2v) is 5.44. The van der Waals surface area contributed by atoms with Gasteiger partial charge in [-0.2, -0.15) is 5.10 Å². The topological polar surface area (TPSA) is 59.9 Å². The molecule has 0 unspecified atom stereocenters. The Bertz CT molecular complexity index is 702. The average molecular weight is 377 g/mol. The number of nitrogens with zero attached hydrogens (tertiary/aromatic N) is 1. The molecule has 1 amide bonds. The van der Waals surface area contributed by atoms with Crippen LogP contribution in [0.3, 0.4) is 0 Å². The summed E-state index contributed by atoms with van der Waals surface area (Å²) in [6.07, 6.45) is 1.53. The standard InChI is InChI=1S/C17H17BrN2O3/c1-3-23-16-13(9-14(18)10-15(16)22-2)11-19-20-17(21)12-7-5-4-6-8-12/h4-11H,3H2,1-2H3,(H,20,21)/b19-11+. The third-order valence-corrected chi connectivity index (χ3v) is 3.42. The second-order valence-electron chi connectivity index (χ2n) is 4.52. The van der Waals surface area contributed by atoms with E-state index in [2.05, 4.69) is 26.5 Å². The molecule has 0 saturated carbocycles. The Hall–Kier alpha value is -2.34. The number of carbonyl (C=O) groups excluding carboxylic acids is 1. The SMILES string of the molecule is CCOc1c(/C=N/NC(=O)c2ccccc2)cc(Br)cc1OC. The van der Waals surface area contributed by atoms with Crippen LogP contribution in [0.4, 0.5) is 0 Å². The molecule has 0 spiro atoms. The molecule has 0 radical (unpaired) electrons. The maximum absolute atomic E-state index is 11.9. The molecule has 2 aromatic carbocycles. The highest BCUT2D eigenvalue weighted by molar-refractivity contribution is 9.10. The summed E-state index contributed by atoms with van der Waals surface area (Å²) in [5, 5.41) is 4.00. The van der Waals surface area contributed by atoms with Gasteiger partial charge in [-0.3, -0.25) is 4.79 Å². The molecule has 0 aliphatic carbocycles. The first-order valence-corrected chi connectivity index (χ1v) is 7.83. The molecule has 0 heterocycles. The molecule has 1 N–H and O–H groups in total. The molecule has 2 rings (SSSR count). The zero-order valence-corrected chi connectivity index (χ0v) is 14.5. The summed E-state index contributed by atoms with van der Waals surface area (Å²) in [5.74, 6) is 0.898. The van der Waals surface area contributed by atoms with Gasteiger partial charge in [0.15, 0.2) is 11.5 Å². The smallest absolute Gasteiger partial charge is 0.271 e. The molecule has 0 atom stereocenters. The van der Waals surface area contributed by atoms with Gasteiger partial charge in [0.2, 0.25) is 0 Å². The first-order chi connectivity index (χ1) is 11.2. The Morgan fingerprint density at radius 2 is 2.04 bits per heavy atom. The van der Waals surface area contributed by atoms with Crippen LogP contribution in [-0.4, -0.2) is 25.8 Å². The first-order valence-electron chi connectivity index (χ1n) is 7.04. The third kappa shape index (κ3) is 4.56. The van der Waals surface area contributed by atoms with E-state index in [1.807, 2.05) is 25.1 Å². The van der Waals surface area contributed by atoms with Crippen LogP contribution in [0.25, 0.3) is 0 Å². The van der Waals surface area contributed by atoms with Gasteiger partial charge >= 0.3 is 0 Å². The lowest BCUT2D eigenvalue weighted by Gasteiger charge is -2.12. The predicted octanol–water partition coefficient (Wildman–Crippen LogP) is 3.62. The van der Waals surface area contributed by atoms with Crippen molar-refractivity contribution >= 4 is 28.1 Å². The quantitative estimate of drug-likeness (QED) is 0.618. The molecule has 6 heteroatoms. The van der Waals surface area contributed by atoms with Gasteiger partial charge in [-0.15, -0.1) is 0 Å². The normalized spacial score (nSPS) is 10.6. The van der Waals surface area contributed by atoms with Crippen LogP contribution in [0.2, 0.25) is 0 Å². The number of halogens is 1. The Morgan fingerprint density at radius 3 is 2.70 bits per heavy atom. The van der Waals surface area contributed by atoms with Crippen LogP contribution in [0.15, 0.2) is 52.0 Å². The zero-order chi connectivity index (χ0) is 16.7. The van der Waals surface area contributed by atoms with Gasteiger partial charge in [0.25, 0.3) is 5.91 Å². The monoisotopic (exact) mass is 376 g/mol. The number of benzene rings is 2. The van der Waals surface area contributed by atoms with Gasteiger partial charge in [0, 0.05) is 15.6 Å². The third-order valence-electron chi connectivity index (χ3n) is 2.96. The molecule has 0 fully saturated rings. The number of amides is 1. The van der Waals surface area contributed by atoms with Crippen LogP contribution in [0, 0.1) is 0 Å². The maximum atomic E-state index is 11.9. The van der Waals surface area contributed by atoms with Crippen molar-refractivity contribution in [3.8, 4) is 11.5 Å². The van der Waals surface area contributed by atoms with E-state index in [1.165, 1.54) is 6.21 Å².